The number of likely N-dealkylation sites (tertiary alicyclic amines) is 1. The van der Waals surface area contributed by atoms with Gasteiger partial charge in [-0.3, -0.25) is 14.6 Å². The molecule has 0 spiro atoms. The van der Waals surface area contributed by atoms with E-state index in [9.17, 15) is 14.0 Å². The number of nitrogens with zero attached hydrogens (tertiary/aromatic N) is 3. The first-order valence-electron chi connectivity index (χ1n) is 8.21. The number of aromatic nitrogens is 2. The number of rotatable bonds is 6. The molecule has 130 valence electrons. The Bertz CT molecular complexity index is 754. The van der Waals surface area contributed by atoms with E-state index in [-0.39, 0.29) is 35.9 Å². The average molecular weight is 342 g/mol. The van der Waals surface area contributed by atoms with Crippen LogP contribution in [0, 0.1) is 5.82 Å². The molecular weight excluding hydrogens is 323 g/mol. The minimum absolute atomic E-state index is 0.0650. The summed E-state index contributed by atoms with van der Waals surface area (Å²) in [5, 5.41) is 2.80. The molecule has 1 aromatic heterocycles. The molecule has 6 nitrogen and oxygen atoms in total. The zero-order valence-corrected chi connectivity index (χ0v) is 13.7. The van der Waals surface area contributed by atoms with E-state index in [0.717, 1.165) is 12.0 Å². The summed E-state index contributed by atoms with van der Waals surface area (Å²) in [5.74, 6) is -0.591. The molecule has 7 heteroatoms. The van der Waals surface area contributed by atoms with Crippen LogP contribution in [-0.4, -0.2) is 45.8 Å². The molecule has 25 heavy (non-hydrogen) atoms. The second-order valence-corrected chi connectivity index (χ2v) is 5.98. The SMILES string of the molecule is O=C(NCC(Cc1cccc(F)c1)N1CCCC1=O)c1cnccn1. The molecule has 1 N–H and O–H groups in total. The van der Waals surface area contributed by atoms with Crippen molar-refractivity contribution in [1.29, 1.82) is 0 Å². The molecule has 0 radical (unpaired) electrons. The van der Waals surface area contributed by atoms with Crippen LogP contribution in [0.15, 0.2) is 42.9 Å². The van der Waals surface area contributed by atoms with Gasteiger partial charge in [-0.2, -0.15) is 0 Å². The Morgan fingerprint density at radius 1 is 1.36 bits per heavy atom. The van der Waals surface area contributed by atoms with Crippen LogP contribution in [0.25, 0.3) is 0 Å². The van der Waals surface area contributed by atoms with Crippen LogP contribution in [0.2, 0.25) is 0 Å². The summed E-state index contributed by atoms with van der Waals surface area (Å²) in [6, 6.07) is 6.08. The Balaban J connectivity index is 1.70. The van der Waals surface area contributed by atoms with Crippen molar-refractivity contribution in [3.8, 4) is 0 Å². The first kappa shape index (κ1) is 17.0. The maximum Gasteiger partial charge on any atom is 0.271 e. The van der Waals surface area contributed by atoms with E-state index >= 15 is 0 Å². The molecule has 1 atom stereocenters. The van der Waals surface area contributed by atoms with Crippen molar-refractivity contribution in [2.24, 2.45) is 0 Å². The highest BCUT2D eigenvalue weighted by atomic mass is 19.1. The number of nitrogens with one attached hydrogen (secondary N) is 1. The van der Waals surface area contributed by atoms with Gasteiger partial charge in [0.25, 0.3) is 5.91 Å². The smallest absolute Gasteiger partial charge is 0.271 e. The lowest BCUT2D eigenvalue weighted by molar-refractivity contribution is -0.129. The minimum Gasteiger partial charge on any atom is -0.349 e. The maximum atomic E-state index is 13.4. The van der Waals surface area contributed by atoms with Gasteiger partial charge in [0.2, 0.25) is 5.91 Å². The normalized spacial score (nSPS) is 15.2. The Morgan fingerprint density at radius 2 is 2.24 bits per heavy atom. The number of carbonyl (C=O) groups excluding carboxylic acids is 2. The first-order chi connectivity index (χ1) is 12.1. The zero-order chi connectivity index (χ0) is 17.6. The van der Waals surface area contributed by atoms with E-state index in [2.05, 4.69) is 15.3 Å². The second-order valence-electron chi connectivity index (χ2n) is 5.98. The zero-order valence-electron chi connectivity index (χ0n) is 13.7. The number of hydrogen-bond acceptors (Lipinski definition) is 4. The number of hydrogen-bond donors (Lipinski definition) is 1. The summed E-state index contributed by atoms with van der Waals surface area (Å²) >= 11 is 0. The second kappa shape index (κ2) is 7.83. The van der Waals surface area contributed by atoms with E-state index in [1.165, 1.54) is 30.7 Å². The van der Waals surface area contributed by atoms with Gasteiger partial charge in [-0.1, -0.05) is 12.1 Å². The summed E-state index contributed by atoms with van der Waals surface area (Å²) in [5.41, 5.74) is 1.01. The van der Waals surface area contributed by atoms with Crippen molar-refractivity contribution in [3.05, 3.63) is 59.9 Å². The summed E-state index contributed by atoms with van der Waals surface area (Å²) in [6.07, 6.45) is 6.12. The molecule has 1 saturated heterocycles. The summed E-state index contributed by atoms with van der Waals surface area (Å²) in [7, 11) is 0. The van der Waals surface area contributed by atoms with Gasteiger partial charge in [0.05, 0.1) is 12.2 Å². The number of carbonyl (C=O) groups is 2. The van der Waals surface area contributed by atoms with Crippen molar-refractivity contribution in [3.63, 3.8) is 0 Å². The molecular formula is C18H19FN4O2. The standard InChI is InChI=1S/C18H19FN4O2/c19-14-4-1-3-13(9-14)10-15(23-8-2-5-17(23)24)11-22-18(25)16-12-20-6-7-21-16/h1,3-4,6-7,9,12,15H,2,5,8,10-11H2,(H,22,25). The molecule has 0 aliphatic carbocycles. The molecule has 3 rings (SSSR count). The molecule has 1 fully saturated rings. The van der Waals surface area contributed by atoms with Crippen LogP contribution in [0.5, 0.6) is 0 Å². The molecule has 2 aromatic rings. The predicted molar refractivity (Wildman–Crippen MR) is 89.2 cm³/mol. The van der Waals surface area contributed by atoms with Crippen LogP contribution in [0.4, 0.5) is 4.39 Å². The minimum atomic E-state index is -0.344. The van der Waals surface area contributed by atoms with Crippen molar-refractivity contribution in [2.75, 3.05) is 13.1 Å². The van der Waals surface area contributed by atoms with E-state index < -0.39 is 0 Å². The molecule has 1 aliphatic heterocycles. The van der Waals surface area contributed by atoms with Gasteiger partial charge in [-0.05, 0) is 30.5 Å². The molecule has 1 aromatic carbocycles. The topological polar surface area (TPSA) is 75.2 Å². The van der Waals surface area contributed by atoms with Crippen molar-refractivity contribution in [1.82, 2.24) is 20.2 Å². The lowest BCUT2D eigenvalue weighted by Crippen LogP contribution is -2.46. The third-order valence-corrected chi connectivity index (χ3v) is 4.21. The molecule has 1 unspecified atom stereocenters. The van der Waals surface area contributed by atoms with E-state index in [0.29, 0.717) is 19.4 Å². The quantitative estimate of drug-likeness (QED) is 0.865. The summed E-state index contributed by atoms with van der Waals surface area (Å²) < 4.78 is 13.4. The van der Waals surface area contributed by atoms with Crippen LogP contribution < -0.4 is 5.32 Å². The van der Waals surface area contributed by atoms with Gasteiger partial charge in [-0.25, -0.2) is 9.37 Å². The average Bonchev–Trinajstić information content (AvgIpc) is 3.05. The van der Waals surface area contributed by atoms with Gasteiger partial charge in [0.15, 0.2) is 0 Å². The molecule has 1 aliphatic rings. The number of amides is 2. The third-order valence-electron chi connectivity index (χ3n) is 4.21. The van der Waals surface area contributed by atoms with E-state index in [1.54, 1.807) is 11.0 Å². The lowest BCUT2D eigenvalue weighted by Gasteiger charge is -2.28. The largest absolute Gasteiger partial charge is 0.349 e. The van der Waals surface area contributed by atoms with Crippen LogP contribution >= 0.6 is 0 Å². The highest BCUT2D eigenvalue weighted by Gasteiger charge is 2.28. The molecule has 0 saturated carbocycles. The highest BCUT2D eigenvalue weighted by Crippen LogP contribution is 2.17. The Kier molecular flexibility index (Phi) is 5.33. The van der Waals surface area contributed by atoms with Gasteiger partial charge >= 0.3 is 0 Å². The molecule has 2 heterocycles. The van der Waals surface area contributed by atoms with Gasteiger partial charge in [-0.15, -0.1) is 0 Å². The van der Waals surface area contributed by atoms with Crippen LogP contribution in [0.1, 0.15) is 28.9 Å². The van der Waals surface area contributed by atoms with Crippen molar-refractivity contribution < 1.29 is 14.0 Å². The molecule has 2 amide bonds. The fourth-order valence-electron chi connectivity index (χ4n) is 3.00. The van der Waals surface area contributed by atoms with Crippen molar-refractivity contribution in [2.45, 2.75) is 25.3 Å². The summed E-state index contributed by atoms with van der Waals surface area (Å²) in [4.78, 5) is 33.9. The highest BCUT2D eigenvalue weighted by molar-refractivity contribution is 5.91. The predicted octanol–water partition coefficient (Wildman–Crippen LogP) is 1.58. The van der Waals surface area contributed by atoms with E-state index in [4.69, 9.17) is 0 Å². The van der Waals surface area contributed by atoms with Crippen LogP contribution in [0.3, 0.4) is 0 Å². The van der Waals surface area contributed by atoms with Crippen molar-refractivity contribution >= 4 is 11.8 Å². The van der Waals surface area contributed by atoms with Gasteiger partial charge in [0, 0.05) is 31.9 Å². The third kappa shape index (κ3) is 4.37. The first-order valence-corrected chi connectivity index (χ1v) is 8.21. The summed E-state index contributed by atoms with van der Waals surface area (Å²) in [6.45, 7) is 0.928. The van der Waals surface area contributed by atoms with Crippen LogP contribution in [-0.2, 0) is 11.2 Å². The number of halogens is 1. The lowest BCUT2D eigenvalue weighted by atomic mass is 10.0. The number of benzene rings is 1. The van der Waals surface area contributed by atoms with Gasteiger partial charge in [0.1, 0.15) is 11.5 Å². The Labute approximate surface area is 145 Å². The van der Waals surface area contributed by atoms with Gasteiger partial charge < -0.3 is 10.2 Å². The Morgan fingerprint density at radius 3 is 2.92 bits per heavy atom. The maximum absolute atomic E-state index is 13.4. The molecule has 0 bridgehead atoms. The van der Waals surface area contributed by atoms with E-state index in [1.807, 2.05) is 6.07 Å². The Hall–Kier alpha value is -2.83. The fraction of sp³-hybridized carbons (Fsp3) is 0.333. The fourth-order valence-corrected chi connectivity index (χ4v) is 3.00. The monoisotopic (exact) mass is 342 g/mol.